The van der Waals surface area contributed by atoms with E-state index >= 15 is 0 Å². The van der Waals surface area contributed by atoms with Gasteiger partial charge in [0.1, 0.15) is 5.75 Å². The van der Waals surface area contributed by atoms with Crippen LogP contribution < -0.4 is 15.4 Å². The molecule has 2 N–H and O–H groups in total. The number of carbonyl (C=O) groups is 1. The Morgan fingerprint density at radius 1 is 1.19 bits per heavy atom. The minimum absolute atomic E-state index is 0.125. The second kappa shape index (κ2) is 8.21. The maximum Gasteiger partial charge on any atom is 0.255 e. The lowest BCUT2D eigenvalue weighted by atomic mass is 9.94. The van der Waals surface area contributed by atoms with Gasteiger partial charge in [0.2, 0.25) is 0 Å². The Morgan fingerprint density at radius 3 is 2.71 bits per heavy atom. The summed E-state index contributed by atoms with van der Waals surface area (Å²) in [6, 6.07) is 8.13. The minimum atomic E-state index is -0.125. The lowest BCUT2D eigenvalue weighted by Crippen LogP contribution is -2.29. The highest BCUT2D eigenvalue weighted by Gasteiger charge is 2.40. The molecule has 2 bridgehead atoms. The van der Waals surface area contributed by atoms with E-state index in [0.29, 0.717) is 24.1 Å². The molecule has 2 heterocycles. The van der Waals surface area contributed by atoms with Crippen molar-refractivity contribution in [3.05, 3.63) is 47.8 Å². The molecule has 0 unspecified atom stereocenters. The van der Waals surface area contributed by atoms with Gasteiger partial charge in [0.05, 0.1) is 29.9 Å². The molecular formula is C24H29N5O2. The van der Waals surface area contributed by atoms with Crippen LogP contribution >= 0.6 is 0 Å². The SMILES string of the molecule is CCn1ncc2c(N[C@H]3C[C@H]4CC[C@@H]3C4)c(C(=O)NCc3ccc(OC)cc3)cnc21. The summed E-state index contributed by atoms with van der Waals surface area (Å²) in [6.07, 6.45) is 8.64. The predicted octanol–water partition coefficient (Wildman–Crippen LogP) is 3.99. The number of hydrogen-bond donors (Lipinski definition) is 2. The summed E-state index contributed by atoms with van der Waals surface area (Å²) in [5.74, 6) is 2.20. The second-order valence-corrected chi connectivity index (χ2v) is 8.70. The predicted molar refractivity (Wildman–Crippen MR) is 120 cm³/mol. The number of carbonyl (C=O) groups excluding carboxylic acids is 1. The van der Waals surface area contributed by atoms with E-state index in [-0.39, 0.29) is 5.91 Å². The van der Waals surface area contributed by atoms with E-state index in [9.17, 15) is 4.79 Å². The van der Waals surface area contributed by atoms with Crippen molar-refractivity contribution in [1.29, 1.82) is 0 Å². The molecule has 0 radical (unpaired) electrons. The van der Waals surface area contributed by atoms with Crippen molar-refractivity contribution in [2.45, 2.75) is 51.7 Å². The van der Waals surface area contributed by atoms with Gasteiger partial charge in [-0.3, -0.25) is 4.79 Å². The van der Waals surface area contributed by atoms with Crippen molar-refractivity contribution >= 4 is 22.6 Å². The monoisotopic (exact) mass is 419 g/mol. The second-order valence-electron chi connectivity index (χ2n) is 8.70. The van der Waals surface area contributed by atoms with Gasteiger partial charge in [-0.2, -0.15) is 5.10 Å². The van der Waals surface area contributed by atoms with Crippen molar-refractivity contribution in [1.82, 2.24) is 20.1 Å². The van der Waals surface area contributed by atoms with Crippen LogP contribution in [0, 0.1) is 11.8 Å². The van der Waals surface area contributed by atoms with Gasteiger partial charge in [0.15, 0.2) is 5.65 Å². The standard InChI is InChI=1S/C24H29N5O2/c1-3-29-23-19(14-27-29)22(28-21-11-16-4-7-17(21)10-16)20(13-25-23)24(30)26-12-15-5-8-18(31-2)9-6-15/h5-6,8-9,13-14,16-17,21H,3-4,7,10-12H2,1-2H3,(H,25,28)(H,26,30)/t16-,17+,21-/m0/s1. The summed E-state index contributed by atoms with van der Waals surface area (Å²) in [7, 11) is 1.64. The highest BCUT2D eigenvalue weighted by Crippen LogP contribution is 2.46. The Labute approximate surface area is 182 Å². The van der Waals surface area contributed by atoms with Crippen LogP contribution in [0.3, 0.4) is 0 Å². The molecule has 0 saturated heterocycles. The number of amides is 1. The first-order chi connectivity index (χ1) is 15.2. The molecule has 1 aromatic carbocycles. The molecule has 2 saturated carbocycles. The molecule has 1 amide bonds. The van der Waals surface area contributed by atoms with E-state index < -0.39 is 0 Å². The van der Waals surface area contributed by atoms with E-state index in [1.54, 1.807) is 13.3 Å². The molecule has 3 aromatic rings. The first-order valence-corrected chi connectivity index (χ1v) is 11.2. The summed E-state index contributed by atoms with van der Waals surface area (Å²) in [5.41, 5.74) is 3.29. The number of aryl methyl sites for hydroxylation is 1. The van der Waals surface area contributed by atoms with Gasteiger partial charge in [-0.25, -0.2) is 9.67 Å². The zero-order chi connectivity index (χ0) is 21.4. The van der Waals surface area contributed by atoms with Crippen LogP contribution in [0.1, 0.15) is 48.5 Å². The van der Waals surface area contributed by atoms with E-state index in [1.165, 1.54) is 25.7 Å². The highest BCUT2D eigenvalue weighted by atomic mass is 16.5. The average Bonchev–Trinajstić information content (AvgIpc) is 3.53. The van der Waals surface area contributed by atoms with E-state index in [2.05, 4.69) is 20.7 Å². The zero-order valence-electron chi connectivity index (χ0n) is 18.1. The molecule has 0 spiro atoms. The van der Waals surface area contributed by atoms with E-state index in [0.717, 1.165) is 40.5 Å². The number of rotatable bonds is 7. The molecule has 2 fully saturated rings. The summed E-state index contributed by atoms with van der Waals surface area (Å²) in [4.78, 5) is 17.7. The maximum absolute atomic E-state index is 13.2. The Morgan fingerprint density at radius 2 is 2.03 bits per heavy atom. The molecule has 3 atom stereocenters. The highest BCUT2D eigenvalue weighted by molar-refractivity contribution is 6.06. The van der Waals surface area contributed by atoms with Crippen molar-refractivity contribution in [2.75, 3.05) is 12.4 Å². The van der Waals surface area contributed by atoms with Crippen LogP contribution in [0.4, 0.5) is 5.69 Å². The van der Waals surface area contributed by atoms with E-state index in [1.807, 2.05) is 42.1 Å². The third-order valence-corrected chi connectivity index (χ3v) is 6.89. The van der Waals surface area contributed by atoms with Gasteiger partial charge >= 0.3 is 0 Å². The average molecular weight is 420 g/mol. The van der Waals surface area contributed by atoms with Crippen LogP contribution in [0.2, 0.25) is 0 Å². The zero-order valence-corrected chi connectivity index (χ0v) is 18.1. The minimum Gasteiger partial charge on any atom is -0.497 e. The summed E-state index contributed by atoms with van der Waals surface area (Å²) < 4.78 is 7.08. The molecule has 2 aliphatic carbocycles. The summed E-state index contributed by atoms with van der Waals surface area (Å²) >= 11 is 0. The third-order valence-electron chi connectivity index (χ3n) is 6.89. The van der Waals surface area contributed by atoms with Crippen LogP contribution in [0.15, 0.2) is 36.7 Å². The van der Waals surface area contributed by atoms with Gasteiger partial charge in [-0.15, -0.1) is 0 Å². The Kier molecular flexibility index (Phi) is 5.26. The fourth-order valence-corrected chi connectivity index (χ4v) is 5.21. The van der Waals surface area contributed by atoms with Crippen molar-refractivity contribution in [3.8, 4) is 5.75 Å². The Hall–Kier alpha value is -3.09. The van der Waals surface area contributed by atoms with Crippen LogP contribution in [0.5, 0.6) is 5.75 Å². The van der Waals surface area contributed by atoms with Gasteiger partial charge in [-0.1, -0.05) is 18.6 Å². The van der Waals surface area contributed by atoms with Gasteiger partial charge in [-0.05, 0) is 55.7 Å². The van der Waals surface area contributed by atoms with Gasteiger partial charge < -0.3 is 15.4 Å². The topological polar surface area (TPSA) is 81.1 Å². The maximum atomic E-state index is 13.2. The number of pyridine rings is 1. The fourth-order valence-electron chi connectivity index (χ4n) is 5.21. The number of hydrogen-bond acceptors (Lipinski definition) is 5. The quantitative estimate of drug-likeness (QED) is 0.605. The fraction of sp³-hybridized carbons (Fsp3) is 0.458. The van der Waals surface area contributed by atoms with Crippen molar-refractivity contribution in [2.24, 2.45) is 11.8 Å². The number of aromatic nitrogens is 3. The number of fused-ring (bicyclic) bond motifs is 3. The largest absolute Gasteiger partial charge is 0.497 e. The van der Waals surface area contributed by atoms with Crippen LogP contribution in [-0.2, 0) is 13.1 Å². The smallest absolute Gasteiger partial charge is 0.255 e. The number of benzene rings is 1. The number of nitrogens with zero attached hydrogens (tertiary/aromatic N) is 3. The molecule has 5 rings (SSSR count). The van der Waals surface area contributed by atoms with E-state index in [4.69, 9.17) is 4.74 Å². The van der Waals surface area contributed by atoms with Gasteiger partial charge in [0.25, 0.3) is 5.91 Å². The lowest BCUT2D eigenvalue weighted by Gasteiger charge is -2.25. The molecule has 162 valence electrons. The molecular weight excluding hydrogens is 390 g/mol. The molecule has 31 heavy (non-hydrogen) atoms. The van der Waals surface area contributed by atoms with Gasteiger partial charge in [0, 0.05) is 25.3 Å². The van der Waals surface area contributed by atoms with Crippen molar-refractivity contribution in [3.63, 3.8) is 0 Å². The number of methoxy groups -OCH3 is 1. The molecule has 7 nitrogen and oxygen atoms in total. The number of anilines is 1. The van der Waals surface area contributed by atoms with Crippen LogP contribution in [-0.4, -0.2) is 33.8 Å². The molecule has 7 heteroatoms. The summed E-state index contributed by atoms with van der Waals surface area (Å²) in [5, 5.41) is 12.2. The van der Waals surface area contributed by atoms with Crippen molar-refractivity contribution < 1.29 is 9.53 Å². The molecule has 0 aliphatic heterocycles. The van der Waals surface area contributed by atoms with Crippen LogP contribution in [0.25, 0.3) is 11.0 Å². The number of ether oxygens (including phenoxy) is 1. The molecule has 2 aliphatic rings. The number of nitrogens with one attached hydrogen (secondary N) is 2. The third kappa shape index (κ3) is 3.73. The Balaban J connectivity index is 1.41. The lowest BCUT2D eigenvalue weighted by molar-refractivity contribution is 0.0951. The summed E-state index contributed by atoms with van der Waals surface area (Å²) in [6.45, 7) is 3.24. The first-order valence-electron chi connectivity index (χ1n) is 11.2. The normalized spacial score (nSPS) is 22.1. The Bertz CT molecular complexity index is 1090. The first kappa shape index (κ1) is 19.8. The molecule has 2 aromatic heterocycles.